The third-order valence-corrected chi connectivity index (χ3v) is 2.04. The van der Waals surface area contributed by atoms with Crippen LogP contribution < -0.4 is 5.73 Å². The van der Waals surface area contributed by atoms with E-state index in [4.69, 9.17) is 10.5 Å². The lowest BCUT2D eigenvalue weighted by molar-refractivity contribution is -0.149. The van der Waals surface area contributed by atoms with Crippen LogP contribution in [0.15, 0.2) is 24.3 Å². The smallest absolute Gasteiger partial charge is 0.327 e. The molecule has 0 amide bonds. The molecule has 1 aromatic carbocycles. The number of rotatable bonds is 3. The van der Waals surface area contributed by atoms with Gasteiger partial charge in [-0.25, -0.2) is 4.79 Å². The predicted octanol–water partition coefficient (Wildman–Crippen LogP) is 1.95. The Balaban J connectivity index is 2.71. The van der Waals surface area contributed by atoms with E-state index in [0.29, 0.717) is 0 Å². The van der Waals surface area contributed by atoms with Crippen LogP contribution in [-0.2, 0) is 9.53 Å². The standard InChI is InChI=1S/C12H17NO2/c1-8(2)15-12(14)11(13)10-6-4-9(3)5-7-10/h4-8,11H,13H2,1-3H3. The van der Waals surface area contributed by atoms with Crippen molar-refractivity contribution >= 4 is 5.97 Å². The van der Waals surface area contributed by atoms with E-state index < -0.39 is 6.04 Å². The highest BCUT2D eigenvalue weighted by Crippen LogP contribution is 2.13. The van der Waals surface area contributed by atoms with Crippen LogP contribution in [0.1, 0.15) is 31.0 Å². The van der Waals surface area contributed by atoms with E-state index >= 15 is 0 Å². The van der Waals surface area contributed by atoms with Crippen molar-refractivity contribution in [1.82, 2.24) is 0 Å². The molecule has 0 aliphatic carbocycles. The van der Waals surface area contributed by atoms with Gasteiger partial charge in [0.1, 0.15) is 6.04 Å². The summed E-state index contributed by atoms with van der Waals surface area (Å²) in [6, 6.07) is 6.87. The summed E-state index contributed by atoms with van der Waals surface area (Å²) in [6.07, 6.45) is -0.131. The Morgan fingerprint density at radius 2 is 1.80 bits per heavy atom. The fourth-order valence-corrected chi connectivity index (χ4v) is 1.22. The van der Waals surface area contributed by atoms with Crippen molar-refractivity contribution in [3.63, 3.8) is 0 Å². The van der Waals surface area contributed by atoms with Crippen molar-refractivity contribution < 1.29 is 9.53 Å². The summed E-state index contributed by atoms with van der Waals surface area (Å²) in [5.41, 5.74) is 7.69. The third-order valence-electron chi connectivity index (χ3n) is 2.04. The summed E-state index contributed by atoms with van der Waals surface area (Å²) in [7, 11) is 0. The Labute approximate surface area is 90.2 Å². The van der Waals surface area contributed by atoms with Crippen molar-refractivity contribution in [1.29, 1.82) is 0 Å². The molecular weight excluding hydrogens is 190 g/mol. The molecule has 1 unspecified atom stereocenters. The van der Waals surface area contributed by atoms with Crippen LogP contribution in [0, 0.1) is 6.92 Å². The number of carbonyl (C=O) groups excluding carboxylic acids is 1. The van der Waals surface area contributed by atoms with Gasteiger partial charge in [-0.05, 0) is 26.3 Å². The summed E-state index contributed by atoms with van der Waals surface area (Å²) >= 11 is 0. The van der Waals surface area contributed by atoms with Crippen molar-refractivity contribution in [3.8, 4) is 0 Å². The largest absolute Gasteiger partial charge is 0.462 e. The molecule has 0 radical (unpaired) electrons. The zero-order valence-corrected chi connectivity index (χ0v) is 9.36. The van der Waals surface area contributed by atoms with Gasteiger partial charge in [0.05, 0.1) is 6.10 Å². The Bertz CT molecular complexity index is 330. The van der Waals surface area contributed by atoms with Gasteiger partial charge >= 0.3 is 5.97 Å². The van der Waals surface area contributed by atoms with Gasteiger partial charge in [0, 0.05) is 0 Å². The van der Waals surface area contributed by atoms with E-state index in [1.165, 1.54) is 0 Å². The molecule has 0 saturated carbocycles. The van der Waals surface area contributed by atoms with Gasteiger partial charge in [-0.1, -0.05) is 29.8 Å². The summed E-state index contributed by atoms with van der Waals surface area (Å²) in [6.45, 7) is 5.60. The molecule has 0 aliphatic heterocycles. The molecule has 1 rings (SSSR count). The quantitative estimate of drug-likeness (QED) is 0.771. The lowest BCUT2D eigenvalue weighted by Gasteiger charge is -2.14. The average Bonchev–Trinajstić information content (AvgIpc) is 2.17. The number of ether oxygens (including phenoxy) is 1. The van der Waals surface area contributed by atoms with Crippen LogP contribution >= 0.6 is 0 Å². The second kappa shape index (κ2) is 4.94. The van der Waals surface area contributed by atoms with Gasteiger partial charge < -0.3 is 10.5 Å². The number of nitrogens with two attached hydrogens (primary N) is 1. The molecule has 0 fully saturated rings. The van der Waals surface area contributed by atoms with Crippen LogP contribution in [0.3, 0.4) is 0 Å². The van der Waals surface area contributed by atoms with E-state index in [9.17, 15) is 4.79 Å². The average molecular weight is 207 g/mol. The molecule has 3 heteroatoms. The fraction of sp³-hybridized carbons (Fsp3) is 0.417. The Morgan fingerprint density at radius 3 is 2.27 bits per heavy atom. The first-order chi connectivity index (χ1) is 7.00. The minimum absolute atomic E-state index is 0.131. The number of carbonyl (C=O) groups is 1. The molecule has 0 aromatic heterocycles. The Kier molecular flexibility index (Phi) is 3.86. The number of hydrogen-bond acceptors (Lipinski definition) is 3. The lowest BCUT2D eigenvalue weighted by Crippen LogP contribution is -2.26. The van der Waals surface area contributed by atoms with Crippen LogP contribution in [0.4, 0.5) is 0 Å². The summed E-state index contributed by atoms with van der Waals surface area (Å²) in [4.78, 5) is 11.5. The molecule has 15 heavy (non-hydrogen) atoms. The van der Waals surface area contributed by atoms with Gasteiger partial charge in [-0.15, -0.1) is 0 Å². The van der Waals surface area contributed by atoms with Gasteiger partial charge in [0.25, 0.3) is 0 Å². The van der Waals surface area contributed by atoms with Gasteiger partial charge in [0.15, 0.2) is 0 Å². The molecular formula is C12H17NO2. The van der Waals surface area contributed by atoms with Gasteiger partial charge in [0.2, 0.25) is 0 Å². The Hall–Kier alpha value is -1.35. The number of benzene rings is 1. The lowest BCUT2D eigenvalue weighted by atomic mass is 10.1. The number of aryl methyl sites for hydroxylation is 1. The maximum absolute atomic E-state index is 11.5. The summed E-state index contributed by atoms with van der Waals surface area (Å²) in [5, 5.41) is 0. The molecule has 2 N–H and O–H groups in total. The fourth-order valence-electron chi connectivity index (χ4n) is 1.22. The second-order valence-electron chi connectivity index (χ2n) is 3.87. The normalized spacial score (nSPS) is 12.6. The molecule has 1 atom stereocenters. The Morgan fingerprint density at radius 1 is 1.27 bits per heavy atom. The number of esters is 1. The first kappa shape index (κ1) is 11.7. The highest BCUT2D eigenvalue weighted by atomic mass is 16.5. The van der Waals surface area contributed by atoms with Crippen molar-refractivity contribution in [2.24, 2.45) is 5.73 Å². The van der Waals surface area contributed by atoms with Crippen LogP contribution in [-0.4, -0.2) is 12.1 Å². The van der Waals surface area contributed by atoms with E-state index in [0.717, 1.165) is 11.1 Å². The molecule has 0 spiro atoms. The van der Waals surface area contributed by atoms with Crippen molar-refractivity contribution in [3.05, 3.63) is 35.4 Å². The van der Waals surface area contributed by atoms with Crippen molar-refractivity contribution in [2.45, 2.75) is 32.9 Å². The molecule has 3 nitrogen and oxygen atoms in total. The van der Waals surface area contributed by atoms with E-state index in [-0.39, 0.29) is 12.1 Å². The van der Waals surface area contributed by atoms with Gasteiger partial charge in [-0.2, -0.15) is 0 Å². The summed E-state index contributed by atoms with van der Waals surface area (Å²) in [5.74, 6) is -0.381. The predicted molar refractivity (Wildman–Crippen MR) is 59.3 cm³/mol. The molecule has 0 saturated heterocycles. The van der Waals surface area contributed by atoms with Gasteiger partial charge in [-0.3, -0.25) is 0 Å². The highest BCUT2D eigenvalue weighted by molar-refractivity contribution is 5.77. The van der Waals surface area contributed by atoms with Crippen LogP contribution in [0.2, 0.25) is 0 Å². The maximum Gasteiger partial charge on any atom is 0.327 e. The maximum atomic E-state index is 11.5. The number of hydrogen-bond donors (Lipinski definition) is 1. The first-order valence-corrected chi connectivity index (χ1v) is 5.03. The SMILES string of the molecule is Cc1ccc(C(N)C(=O)OC(C)C)cc1. The minimum atomic E-state index is -0.687. The molecule has 0 bridgehead atoms. The molecule has 1 aromatic rings. The monoisotopic (exact) mass is 207 g/mol. The minimum Gasteiger partial charge on any atom is -0.462 e. The van der Waals surface area contributed by atoms with Crippen molar-refractivity contribution in [2.75, 3.05) is 0 Å². The molecule has 82 valence electrons. The molecule has 0 heterocycles. The van der Waals surface area contributed by atoms with E-state index in [1.807, 2.05) is 31.2 Å². The van der Waals surface area contributed by atoms with E-state index in [1.54, 1.807) is 13.8 Å². The third kappa shape index (κ3) is 3.36. The topological polar surface area (TPSA) is 52.3 Å². The summed E-state index contributed by atoms with van der Waals surface area (Å²) < 4.78 is 5.03. The highest BCUT2D eigenvalue weighted by Gasteiger charge is 2.17. The van der Waals surface area contributed by atoms with Crippen LogP contribution in [0.5, 0.6) is 0 Å². The first-order valence-electron chi connectivity index (χ1n) is 5.03. The zero-order valence-electron chi connectivity index (χ0n) is 9.36. The zero-order chi connectivity index (χ0) is 11.4. The molecule has 0 aliphatic rings. The second-order valence-corrected chi connectivity index (χ2v) is 3.87. The van der Waals surface area contributed by atoms with E-state index in [2.05, 4.69) is 0 Å². The van der Waals surface area contributed by atoms with Crippen LogP contribution in [0.25, 0.3) is 0 Å².